The van der Waals surface area contributed by atoms with Crippen LogP contribution in [0.5, 0.6) is 0 Å². The van der Waals surface area contributed by atoms with Crippen molar-refractivity contribution in [3.05, 3.63) is 30.1 Å². The SMILES string of the molecule is O=C(NCc1ccccn1)NC[C@H]([C@@H]1CCOC1)N1CCOCC1. The Hall–Kier alpha value is -1.70. The number of carbonyl (C=O) groups is 1. The highest BCUT2D eigenvalue weighted by Gasteiger charge is 2.31. The van der Waals surface area contributed by atoms with Crippen molar-refractivity contribution < 1.29 is 14.3 Å². The van der Waals surface area contributed by atoms with Gasteiger partial charge in [0.2, 0.25) is 0 Å². The van der Waals surface area contributed by atoms with E-state index in [9.17, 15) is 4.79 Å². The van der Waals surface area contributed by atoms with Gasteiger partial charge < -0.3 is 20.1 Å². The van der Waals surface area contributed by atoms with Gasteiger partial charge in [-0.15, -0.1) is 0 Å². The predicted molar refractivity (Wildman–Crippen MR) is 89.6 cm³/mol. The van der Waals surface area contributed by atoms with E-state index in [1.165, 1.54) is 0 Å². The van der Waals surface area contributed by atoms with Crippen molar-refractivity contribution in [1.82, 2.24) is 20.5 Å². The molecule has 2 amide bonds. The van der Waals surface area contributed by atoms with Crippen LogP contribution in [0, 0.1) is 5.92 Å². The van der Waals surface area contributed by atoms with Crippen LogP contribution in [0.4, 0.5) is 4.79 Å². The van der Waals surface area contributed by atoms with Crippen LogP contribution < -0.4 is 10.6 Å². The molecule has 1 aromatic heterocycles. The van der Waals surface area contributed by atoms with Crippen molar-refractivity contribution in [3.63, 3.8) is 0 Å². The van der Waals surface area contributed by atoms with Gasteiger partial charge in [-0.3, -0.25) is 9.88 Å². The van der Waals surface area contributed by atoms with Crippen molar-refractivity contribution >= 4 is 6.03 Å². The molecule has 2 aliphatic heterocycles. The number of hydrogen-bond donors (Lipinski definition) is 2. The molecular weight excluding hydrogens is 308 g/mol. The van der Waals surface area contributed by atoms with Crippen LogP contribution in [-0.2, 0) is 16.0 Å². The first-order chi connectivity index (χ1) is 11.8. The fraction of sp³-hybridized carbons (Fsp3) is 0.647. The van der Waals surface area contributed by atoms with Gasteiger partial charge in [-0.2, -0.15) is 0 Å². The monoisotopic (exact) mass is 334 g/mol. The molecule has 24 heavy (non-hydrogen) atoms. The largest absolute Gasteiger partial charge is 0.381 e. The lowest BCUT2D eigenvalue weighted by atomic mass is 9.97. The fourth-order valence-corrected chi connectivity index (χ4v) is 3.29. The molecule has 0 radical (unpaired) electrons. The molecule has 0 spiro atoms. The quantitative estimate of drug-likeness (QED) is 0.798. The first-order valence-electron chi connectivity index (χ1n) is 8.64. The van der Waals surface area contributed by atoms with Gasteiger partial charge in [0.05, 0.1) is 32.1 Å². The Bertz CT molecular complexity index is 502. The summed E-state index contributed by atoms with van der Waals surface area (Å²) in [6.07, 6.45) is 2.78. The summed E-state index contributed by atoms with van der Waals surface area (Å²) in [6, 6.07) is 5.82. The topological polar surface area (TPSA) is 75.7 Å². The zero-order chi connectivity index (χ0) is 16.6. The van der Waals surface area contributed by atoms with E-state index in [1.807, 2.05) is 18.2 Å². The first-order valence-corrected chi connectivity index (χ1v) is 8.64. The maximum Gasteiger partial charge on any atom is 0.315 e. The average molecular weight is 334 g/mol. The molecule has 3 rings (SSSR count). The van der Waals surface area contributed by atoms with Gasteiger partial charge in [0.1, 0.15) is 0 Å². The van der Waals surface area contributed by atoms with Crippen LogP contribution in [-0.4, -0.2) is 68.0 Å². The van der Waals surface area contributed by atoms with E-state index in [-0.39, 0.29) is 6.03 Å². The molecule has 0 aliphatic carbocycles. The number of ether oxygens (including phenoxy) is 2. The summed E-state index contributed by atoms with van der Waals surface area (Å²) in [5.41, 5.74) is 0.849. The number of nitrogens with one attached hydrogen (secondary N) is 2. The smallest absolute Gasteiger partial charge is 0.315 e. The number of carbonyl (C=O) groups excluding carboxylic acids is 1. The minimum Gasteiger partial charge on any atom is -0.381 e. The number of nitrogens with zero attached hydrogens (tertiary/aromatic N) is 2. The Labute approximate surface area is 142 Å². The molecule has 2 aliphatic rings. The van der Waals surface area contributed by atoms with Crippen molar-refractivity contribution in [2.75, 3.05) is 46.1 Å². The van der Waals surface area contributed by atoms with Gasteiger partial charge >= 0.3 is 6.03 Å². The van der Waals surface area contributed by atoms with E-state index in [4.69, 9.17) is 9.47 Å². The number of pyridine rings is 1. The Kier molecular flexibility index (Phi) is 6.40. The standard InChI is InChI=1S/C17H26N4O3/c22-17(19-11-15-3-1-2-5-18-15)20-12-16(14-4-8-24-13-14)21-6-9-23-10-7-21/h1-3,5,14,16H,4,6-13H2,(H2,19,20,22)/t14-,16-/m1/s1. The highest BCUT2D eigenvalue weighted by Crippen LogP contribution is 2.21. The summed E-state index contributed by atoms with van der Waals surface area (Å²) in [6.45, 7) is 6.00. The summed E-state index contributed by atoms with van der Waals surface area (Å²) in [5, 5.41) is 5.87. The lowest BCUT2D eigenvalue weighted by Crippen LogP contribution is -2.53. The molecule has 0 bridgehead atoms. The molecule has 132 valence electrons. The lowest BCUT2D eigenvalue weighted by Gasteiger charge is -2.37. The number of morpholine rings is 1. The van der Waals surface area contributed by atoms with Crippen molar-refractivity contribution in [2.45, 2.75) is 19.0 Å². The summed E-state index contributed by atoms with van der Waals surface area (Å²) >= 11 is 0. The average Bonchev–Trinajstić information content (AvgIpc) is 3.16. The number of rotatable bonds is 6. The third kappa shape index (κ3) is 4.90. The predicted octanol–water partition coefficient (Wildman–Crippen LogP) is 0.618. The van der Waals surface area contributed by atoms with Gasteiger partial charge in [0, 0.05) is 44.4 Å². The van der Waals surface area contributed by atoms with E-state index in [2.05, 4.69) is 20.5 Å². The molecule has 0 unspecified atom stereocenters. The van der Waals surface area contributed by atoms with E-state index >= 15 is 0 Å². The van der Waals surface area contributed by atoms with Crippen LogP contribution in [0.15, 0.2) is 24.4 Å². The van der Waals surface area contributed by atoms with Gasteiger partial charge in [-0.1, -0.05) is 6.07 Å². The summed E-state index contributed by atoms with van der Waals surface area (Å²) in [4.78, 5) is 18.7. The van der Waals surface area contributed by atoms with E-state index in [0.29, 0.717) is 25.0 Å². The number of urea groups is 1. The van der Waals surface area contributed by atoms with Crippen molar-refractivity contribution in [2.24, 2.45) is 5.92 Å². The number of aromatic nitrogens is 1. The molecule has 3 heterocycles. The maximum absolute atomic E-state index is 12.1. The highest BCUT2D eigenvalue weighted by molar-refractivity contribution is 5.73. The van der Waals surface area contributed by atoms with Gasteiger partial charge in [0.25, 0.3) is 0 Å². The third-order valence-electron chi connectivity index (χ3n) is 4.65. The second kappa shape index (κ2) is 8.96. The van der Waals surface area contributed by atoms with Gasteiger partial charge in [0.15, 0.2) is 0 Å². The Morgan fingerprint density at radius 2 is 2.12 bits per heavy atom. The molecule has 1 aromatic rings. The molecule has 7 nitrogen and oxygen atoms in total. The van der Waals surface area contributed by atoms with Crippen molar-refractivity contribution in [3.8, 4) is 0 Å². The number of hydrogen-bond acceptors (Lipinski definition) is 5. The van der Waals surface area contributed by atoms with Gasteiger partial charge in [-0.05, 0) is 18.6 Å². The van der Waals surface area contributed by atoms with Crippen LogP contribution in [0.1, 0.15) is 12.1 Å². The zero-order valence-corrected chi connectivity index (χ0v) is 13.9. The Balaban J connectivity index is 1.47. The molecule has 2 N–H and O–H groups in total. The van der Waals surface area contributed by atoms with Crippen LogP contribution in [0.25, 0.3) is 0 Å². The summed E-state index contributed by atoms with van der Waals surface area (Å²) < 4.78 is 11.0. The molecule has 2 saturated heterocycles. The van der Waals surface area contributed by atoms with Crippen LogP contribution >= 0.6 is 0 Å². The zero-order valence-electron chi connectivity index (χ0n) is 13.9. The minimum absolute atomic E-state index is 0.155. The van der Waals surface area contributed by atoms with Crippen LogP contribution in [0.2, 0.25) is 0 Å². The van der Waals surface area contributed by atoms with E-state index < -0.39 is 0 Å². The van der Waals surface area contributed by atoms with Crippen LogP contribution in [0.3, 0.4) is 0 Å². The molecule has 2 atom stereocenters. The van der Waals surface area contributed by atoms with Crippen molar-refractivity contribution in [1.29, 1.82) is 0 Å². The first kappa shape index (κ1) is 17.1. The molecule has 7 heteroatoms. The van der Waals surface area contributed by atoms with E-state index in [0.717, 1.165) is 51.6 Å². The summed E-state index contributed by atoms with van der Waals surface area (Å²) in [5.74, 6) is 0.471. The molecule has 2 fully saturated rings. The number of amides is 2. The lowest BCUT2D eigenvalue weighted by molar-refractivity contribution is 0.00212. The molecule has 0 saturated carbocycles. The Morgan fingerprint density at radius 3 is 2.83 bits per heavy atom. The molecular formula is C17H26N4O3. The third-order valence-corrected chi connectivity index (χ3v) is 4.65. The van der Waals surface area contributed by atoms with Gasteiger partial charge in [-0.25, -0.2) is 4.79 Å². The molecule has 0 aromatic carbocycles. The second-order valence-corrected chi connectivity index (χ2v) is 6.22. The highest BCUT2D eigenvalue weighted by atomic mass is 16.5. The maximum atomic E-state index is 12.1. The fourth-order valence-electron chi connectivity index (χ4n) is 3.29. The second-order valence-electron chi connectivity index (χ2n) is 6.22. The minimum atomic E-state index is -0.155. The Morgan fingerprint density at radius 1 is 1.25 bits per heavy atom. The summed E-state index contributed by atoms with van der Waals surface area (Å²) in [7, 11) is 0. The van der Waals surface area contributed by atoms with E-state index in [1.54, 1.807) is 6.20 Å². The normalized spacial score (nSPS) is 22.9.